The topological polar surface area (TPSA) is 32.3 Å². The summed E-state index contributed by atoms with van der Waals surface area (Å²) in [4.78, 5) is 13.4. The molecule has 0 spiro atoms. The van der Waals surface area contributed by atoms with Gasteiger partial charge in [-0.25, -0.2) is 0 Å². The second kappa shape index (κ2) is 6.79. The Morgan fingerprint density at radius 2 is 2.10 bits per heavy atom. The SMILES string of the molecule is O=C(NCC1CCN(CC(F)(F)F)C1)c1ccccc1Br. The maximum atomic E-state index is 12.3. The van der Waals surface area contributed by atoms with Crippen LogP contribution < -0.4 is 5.32 Å². The number of hydrogen-bond acceptors (Lipinski definition) is 2. The smallest absolute Gasteiger partial charge is 0.352 e. The lowest BCUT2D eigenvalue weighted by Gasteiger charge is -2.18. The molecule has 0 radical (unpaired) electrons. The summed E-state index contributed by atoms with van der Waals surface area (Å²) in [6, 6.07) is 7.05. The largest absolute Gasteiger partial charge is 0.401 e. The molecule has 0 bridgehead atoms. The van der Waals surface area contributed by atoms with Crippen LogP contribution in [0.1, 0.15) is 16.8 Å². The van der Waals surface area contributed by atoms with Crippen molar-refractivity contribution in [2.45, 2.75) is 12.6 Å². The molecule has 116 valence electrons. The second-order valence-corrected chi connectivity index (χ2v) is 6.05. The molecule has 1 atom stereocenters. The van der Waals surface area contributed by atoms with Crippen molar-refractivity contribution < 1.29 is 18.0 Å². The predicted octanol–water partition coefficient (Wildman–Crippen LogP) is 3.06. The number of nitrogens with one attached hydrogen (secondary N) is 1. The standard InChI is InChI=1S/C14H16BrF3N2O/c15-12-4-2-1-3-11(12)13(21)19-7-10-5-6-20(8-10)9-14(16,17)18/h1-4,10H,5-9H2,(H,19,21). The summed E-state index contributed by atoms with van der Waals surface area (Å²) in [5.74, 6) is -0.143. The van der Waals surface area contributed by atoms with E-state index in [0.717, 1.165) is 0 Å². The van der Waals surface area contributed by atoms with Crippen LogP contribution in [0.3, 0.4) is 0 Å². The highest BCUT2D eigenvalue weighted by Crippen LogP contribution is 2.22. The fraction of sp³-hybridized carbons (Fsp3) is 0.500. The lowest BCUT2D eigenvalue weighted by molar-refractivity contribution is -0.143. The molecular weight excluding hydrogens is 349 g/mol. The number of likely N-dealkylation sites (tertiary alicyclic amines) is 1. The van der Waals surface area contributed by atoms with Gasteiger partial charge in [0.15, 0.2) is 0 Å². The predicted molar refractivity (Wildman–Crippen MR) is 77.1 cm³/mol. The van der Waals surface area contributed by atoms with Gasteiger partial charge in [0.05, 0.1) is 12.1 Å². The second-order valence-electron chi connectivity index (χ2n) is 5.19. The van der Waals surface area contributed by atoms with Gasteiger partial charge in [0.1, 0.15) is 0 Å². The summed E-state index contributed by atoms with van der Waals surface area (Å²) in [7, 11) is 0. The highest BCUT2D eigenvalue weighted by molar-refractivity contribution is 9.10. The molecule has 1 aliphatic heterocycles. The minimum Gasteiger partial charge on any atom is -0.352 e. The van der Waals surface area contributed by atoms with Crippen molar-refractivity contribution >= 4 is 21.8 Å². The molecule has 3 nitrogen and oxygen atoms in total. The molecular formula is C14H16BrF3N2O. The van der Waals surface area contributed by atoms with Gasteiger partial charge in [-0.1, -0.05) is 12.1 Å². The van der Waals surface area contributed by atoms with Crippen LogP contribution in [0, 0.1) is 5.92 Å². The molecule has 1 aromatic rings. The molecule has 1 N–H and O–H groups in total. The Hall–Kier alpha value is -1.08. The molecule has 1 aliphatic rings. The zero-order valence-electron chi connectivity index (χ0n) is 11.3. The van der Waals surface area contributed by atoms with Gasteiger partial charge in [0.2, 0.25) is 0 Å². The Labute approximate surface area is 129 Å². The normalized spacial score (nSPS) is 19.7. The minimum absolute atomic E-state index is 0.0683. The molecule has 2 rings (SSSR count). The summed E-state index contributed by atoms with van der Waals surface area (Å²) >= 11 is 3.30. The van der Waals surface area contributed by atoms with E-state index in [-0.39, 0.29) is 11.8 Å². The lowest BCUT2D eigenvalue weighted by Crippen LogP contribution is -2.34. The first-order valence-corrected chi connectivity index (χ1v) is 7.46. The van der Waals surface area contributed by atoms with Crippen LogP contribution in [-0.4, -0.2) is 43.2 Å². The Morgan fingerprint density at radius 1 is 1.38 bits per heavy atom. The number of hydrogen-bond donors (Lipinski definition) is 1. The first kappa shape index (κ1) is 16.3. The summed E-state index contributed by atoms with van der Waals surface area (Å²) in [5.41, 5.74) is 0.530. The number of nitrogens with zero attached hydrogens (tertiary/aromatic N) is 1. The number of rotatable bonds is 4. The maximum Gasteiger partial charge on any atom is 0.401 e. The van der Waals surface area contributed by atoms with Gasteiger partial charge in [-0.3, -0.25) is 9.69 Å². The summed E-state index contributed by atoms with van der Waals surface area (Å²) in [6.07, 6.45) is -3.49. The van der Waals surface area contributed by atoms with E-state index in [2.05, 4.69) is 21.2 Å². The van der Waals surface area contributed by atoms with Crippen molar-refractivity contribution in [3.05, 3.63) is 34.3 Å². The van der Waals surface area contributed by atoms with E-state index in [9.17, 15) is 18.0 Å². The van der Waals surface area contributed by atoms with Gasteiger partial charge in [0, 0.05) is 17.6 Å². The first-order valence-electron chi connectivity index (χ1n) is 6.67. The highest BCUT2D eigenvalue weighted by atomic mass is 79.9. The van der Waals surface area contributed by atoms with Crippen molar-refractivity contribution in [2.24, 2.45) is 5.92 Å². The number of alkyl halides is 3. The van der Waals surface area contributed by atoms with E-state index in [4.69, 9.17) is 0 Å². The number of carbonyl (C=O) groups is 1. The summed E-state index contributed by atoms with van der Waals surface area (Å²) in [6.45, 7) is 0.320. The van der Waals surface area contributed by atoms with E-state index < -0.39 is 12.7 Å². The molecule has 7 heteroatoms. The maximum absolute atomic E-state index is 12.3. The molecule has 1 heterocycles. The van der Waals surface area contributed by atoms with Crippen molar-refractivity contribution in [3.63, 3.8) is 0 Å². The van der Waals surface area contributed by atoms with Crippen molar-refractivity contribution in [3.8, 4) is 0 Å². The molecule has 1 fully saturated rings. The third-order valence-electron chi connectivity index (χ3n) is 3.44. The van der Waals surface area contributed by atoms with Crippen LogP contribution in [0.25, 0.3) is 0 Å². The van der Waals surface area contributed by atoms with E-state index >= 15 is 0 Å². The third-order valence-corrected chi connectivity index (χ3v) is 4.13. The molecule has 1 amide bonds. The quantitative estimate of drug-likeness (QED) is 0.890. The fourth-order valence-corrected chi connectivity index (χ4v) is 2.92. The van der Waals surface area contributed by atoms with Crippen molar-refractivity contribution in [1.82, 2.24) is 10.2 Å². The van der Waals surface area contributed by atoms with Crippen LogP contribution >= 0.6 is 15.9 Å². The number of carbonyl (C=O) groups excluding carboxylic acids is 1. The average molecular weight is 365 g/mol. The van der Waals surface area contributed by atoms with Gasteiger partial charge in [-0.2, -0.15) is 13.2 Å². The third kappa shape index (κ3) is 5.00. The number of amides is 1. The van der Waals surface area contributed by atoms with Gasteiger partial charge < -0.3 is 5.32 Å². The van der Waals surface area contributed by atoms with Crippen LogP contribution in [0.5, 0.6) is 0 Å². The zero-order chi connectivity index (χ0) is 15.5. The van der Waals surface area contributed by atoms with Crippen molar-refractivity contribution in [1.29, 1.82) is 0 Å². The Kier molecular flexibility index (Phi) is 5.27. The summed E-state index contributed by atoms with van der Waals surface area (Å²) < 4.78 is 37.6. The fourth-order valence-electron chi connectivity index (χ4n) is 2.45. The molecule has 1 saturated heterocycles. The Bertz CT molecular complexity index is 507. The lowest BCUT2D eigenvalue weighted by atomic mass is 10.1. The van der Waals surface area contributed by atoms with Gasteiger partial charge in [-0.15, -0.1) is 0 Å². The van der Waals surface area contributed by atoms with Gasteiger partial charge in [0.25, 0.3) is 5.91 Å². The zero-order valence-corrected chi connectivity index (χ0v) is 12.9. The molecule has 1 aromatic carbocycles. The van der Waals surface area contributed by atoms with E-state index in [0.29, 0.717) is 36.1 Å². The van der Waals surface area contributed by atoms with Crippen molar-refractivity contribution in [2.75, 3.05) is 26.2 Å². The van der Waals surface area contributed by atoms with Gasteiger partial charge >= 0.3 is 6.18 Å². The van der Waals surface area contributed by atoms with E-state index in [1.54, 1.807) is 18.2 Å². The molecule has 0 aliphatic carbocycles. The van der Waals surface area contributed by atoms with E-state index in [1.165, 1.54) is 4.90 Å². The average Bonchev–Trinajstić information content (AvgIpc) is 2.82. The molecule has 1 unspecified atom stereocenters. The minimum atomic E-state index is -4.16. The van der Waals surface area contributed by atoms with E-state index in [1.807, 2.05) is 6.07 Å². The molecule has 21 heavy (non-hydrogen) atoms. The van der Waals surface area contributed by atoms with Crippen LogP contribution in [0.15, 0.2) is 28.7 Å². The number of benzene rings is 1. The van der Waals surface area contributed by atoms with Crippen LogP contribution in [0.4, 0.5) is 13.2 Å². The Morgan fingerprint density at radius 3 is 2.76 bits per heavy atom. The molecule has 0 aromatic heterocycles. The van der Waals surface area contributed by atoms with Crippen LogP contribution in [0.2, 0.25) is 0 Å². The van der Waals surface area contributed by atoms with Crippen LogP contribution in [-0.2, 0) is 0 Å². The molecule has 0 saturated carbocycles. The highest BCUT2D eigenvalue weighted by Gasteiger charge is 2.34. The summed E-state index contributed by atoms with van der Waals surface area (Å²) in [5, 5.41) is 2.79. The monoisotopic (exact) mass is 364 g/mol. The Balaban J connectivity index is 1.80. The van der Waals surface area contributed by atoms with Gasteiger partial charge in [-0.05, 0) is 46.9 Å². The first-order chi connectivity index (χ1) is 9.85. The number of halogens is 4.